The van der Waals surface area contributed by atoms with Crippen LogP contribution in [0.5, 0.6) is 5.75 Å². The Morgan fingerprint density at radius 2 is 1.68 bits per heavy atom. The van der Waals surface area contributed by atoms with E-state index in [0.29, 0.717) is 11.4 Å². The van der Waals surface area contributed by atoms with Crippen molar-refractivity contribution in [1.82, 2.24) is 0 Å². The summed E-state index contributed by atoms with van der Waals surface area (Å²) in [5.74, 6) is -0.671. The number of nitrogens with zero attached hydrogens (tertiary/aromatic N) is 1. The number of hydrogen-bond donors (Lipinski definition) is 1. The number of carbonyl (C=O) groups is 2. The summed E-state index contributed by atoms with van der Waals surface area (Å²) in [6, 6.07) is 20.6. The number of para-hydroxylation sites is 2. The molecular formula is C22H20N2O4. The van der Waals surface area contributed by atoms with E-state index in [4.69, 9.17) is 9.57 Å². The fraction of sp³-hybridized carbons (Fsp3) is 0.136. The largest absolute Gasteiger partial charge is 0.495 e. The molecule has 0 aromatic heterocycles. The summed E-state index contributed by atoms with van der Waals surface area (Å²) in [5, 5.41) is 8.52. The highest BCUT2D eigenvalue weighted by atomic mass is 16.6. The van der Waals surface area contributed by atoms with Crippen molar-refractivity contribution in [2.24, 2.45) is 5.16 Å². The topological polar surface area (TPSA) is 77.0 Å². The second-order valence-electron chi connectivity index (χ2n) is 6.06. The molecule has 0 fully saturated rings. The number of methoxy groups -OCH3 is 1. The van der Waals surface area contributed by atoms with E-state index < -0.39 is 11.7 Å². The second kappa shape index (κ2) is 8.81. The molecule has 3 aromatic carbocycles. The third-order valence-electron chi connectivity index (χ3n) is 4.16. The number of oxime groups is 1. The van der Waals surface area contributed by atoms with E-state index in [1.54, 1.807) is 24.3 Å². The Kier molecular flexibility index (Phi) is 6.01. The van der Waals surface area contributed by atoms with Gasteiger partial charge in [0, 0.05) is 6.92 Å². The number of fused-ring (bicyclic) bond motifs is 1. The first kappa shape index (κ1) is 19.1. The van der Waals surface area contributed by atoms with Gasteiger partial charge in [-0.25, -0.2) is 0 Å². The van der Waals surface area contributed by atoms with Crippen molar-refractivity contribution in [3.05, 3.63) is 72.3 Å². The predicted octanol–water partition coefficient (Wildman–Crippen LogP) is 3.95. The third kappa shape index (κ3) is 4.35. The summed E-state index contributed by atoms with van der Waals surface area (Å²) >= 11 is 0. The maximum absolute atomic E-state index is 12.5. The fourth-order valence-electron chi connectivity index (χ4n) is 2.78. The Balaban J connectivity index is 1.75. The van der Waals surface area contributed by atoms with E-state index in [1.165, 1.54) is 14.0 Å². The average Bonchev–Trinajstić information content (AvgIpc) is 2.71. The van der Waals surface area contributed by atoms with E-state index in [1.807, 2.05) is 42.5 Å². The van der Waals surface area contributed by atoms with Crippen molar-refractivity contribution in [2.75, 3.05) is 12.4 Å². The number of anilines is 1. The smallest absolute Gasteiger partial charge is 0.281 e. The van der Waals surface area contributed by atoms with Crippen LogP contribution in [-0.4, -0.2) is 24.5 Å². The van der Waals surface area contributed by atoms with Crippen LogP contribution in [-0.2, 0) is 21.0 Å². The van der Waals surface area contributed by atoms with E-state index in [0.717, 1.165) is 16.3 Å². The van der Waals surface area contributed by atoms with Crippen LogP contribution in [0.25, 0.3) is 10.8 Å². The fourth-order valence-corrected chi connectivity index (χ4v) is 2.78. The number of rotatable bonds is 7. The van der Waals surface area contributed by atoms with Gasteiger partial charge in [0.05, 0.1) is 12.8 Å². The summed E-state index contributed by atoms with van der Waals surface area (Å²) in [7, 11) is 1.50. The lowest BCUT2D eigenvalue weighted by Crippen LogP contribution is -2.29. The molecule has 0 radical (unpaired) electrons. The highest BCUT2D eigenvalue weighted by Crippen LogP contribution is 2.23. The third-order valence-corrected chi connectivity index (χ3v) is 4.16. The highest BCUT2D eigenvalue weighted by molar-refractivity contribution is 6.67. The number of ketones is 1. The summed E-state index contributed by atoms with van der Waals surface area (Å²) in [4.78, 5) is 29.7. The molecule has 0 aliphatic heterocycles. The first-order valence-electron chi connectivity index (χ1n) is 8.72. The first-order valence-corrected chi connectivity index (χ1v) is 8.72. The molecule has 6 heteroatoms. The van der Waals surface area contributed by atoms with Gasteiger partial charge >= 0.3 is 0 Å². The van der Waals surface area contributed by atoms with Crippen molar-refractivity contribution < 1.29 is 19.2 Å². The van der Waals surface area contributed by atoms with Gasteiger partial charge < -0.3 is 14.9 Å². The quantitative estimate of drug-likeness (QED) is 0.385. The molecule has 3 aromatic rings. The van der Waals surface area contributed by atoms with Gasteiger partial charge in [0.1, 0.15) is 12.4 Å². The normalized spacial score (nSPS) is 11.1. The predicted molar refractivity (Wildman–Crippen MR) is 108 cm³/mol. The van der Waals surface area contributed by atoms with Gasteiger partial charge in [-0.3, -0.25) is 9.59 Å². The van der Waals surface area contributed by atoms with Crippen LogP contribution >= 0.6 is 0 Å². The number of carbonyl (C=O) groups excluding carboxylic acids is 2. The lowest BCUT2D eigenvalue weighted by Gasteiger charge is -2.10. The molecule has 6 nitrogen and oxygen atoms in total. The van der Waals surface area contributed by atoms with E-state index in [9.17, 15) is 9.59 Å². The highest BCUT2D eigenvalue weighted by Gasteiger charge is 2.19. The minimum atomic E-state index is -0.657. The van der Waals surface area contributed by atoms with Crippen LogP contribution in [0.2, 0.25) is 0 Å². The lowest BCUT2D eigenvalue weighted by atomic mass is 10.1. The van der Waals surface area contributed by atoms with Gasteiger partial charge in [-0.2, -0.15) is 0 Å². The number of amides is 1. The zero-order valence-corrected chi connectivity index (χ0v) is 15.6. The Hall–Kier alpha value is -3.67. The van der Waals surface area contributed by atoms with E-state index in [2.05, 4.69) is 10.5 Å². The maximum atomic E-state index is 12.5. The van der Waals surface area contributed by atoms with Crippen molar-refractivity contribution in [1.29, 1.82) is 0 Å². The molecule has 28 heavy (non-hydrogen) atoms. The molecule has 1 amide bonds. The number of ether oxygens (including phenoxy) is 1. The van der Waals surface area contributed by atoms with Crippen LogP contribution in [0.1, 0.15) is 12.5 Å². The van der Waals surface area contributed by atoms with Crippen molar-refractivity contribution >= 4 is 33.9 Å². The molecule has 0 aliphatic carbocycles. The molecule has 0 saturated heterocycles. The molecule has 1 N–H and O–H groups in total. The van der Waals surface area contributed by atoms with E-state index in [-0.39, 0.29) is 12.3 Å². The Labute approximate surface area is 162 Å². The van der Waals surface area contributed by atoms with Crippen molar-refractivity contribution in [3.8, 4) is 5.75 Å². The zero-order chi connectivity index (χ0) is 19.9. The average molecular weight is 376 g/mol. The monoisotopic (exact) mass is 376 g/mol. The summed E-state index contributed by atoms with van der Waals surface area (Å²) in [5.41, 5.74) is 1.04. The molecule has 3 rings (SSSR count). The number of benzene rings is 3. The summed E-state index contributed by atoms with van der Waals surface area (Å²) < 4.78 is 5.20. The first-order chi connectivity index (χ1) is 13.6. The molecular weight excluding hydrogens is 356 g/mol. The van der Waals surface area contributed by atoms with Crippen LogP contribution in [0.3, 0.4) is 0 Å². The minimum absolute atomic E-state index is 0.139. The van der Waals surface area contributed by atoms with Gasteiger partial charge in [0.15, 0.2) is 5.78 Å². The van der Waals surface area contributed by atoms with Gasteiger partial charge in [0.25, 0.3) is 5.91 Å². The van der Waals surface area contributed by atoms with Gasteiger partial charge in [-0.05, 0) is 28.5 Å². The Morgan fingerprint density at radius 3 is 2.46 bits per heavy atom. The second-order valence-corrected chi connectivity index (χ2v) is 6.06. The Morgan fingerprint density at radius 1 is 0.964 bits per heavy atom. The molecule has 0 aliphatic rings. The van der Waals surface area contributed by atoms with Crippen LogP contribution in [0, 0.1) is 0 Å². The summed E-state index contributed by atoms with van der Waals surface area (Å²) in [6.45, 7) is 1.40. The SMILES string of the molecule is COc1ccccc1NC(=O)C(=NOCc1cccc2ccccc12)C(C)=O. The minimum Gasteiger partial charge on any atom is -0.495 e. The molecule has 0 spiro atoms. The zero-order valence-electron chi connectivity index (χ0n) is 15.6. The number of Topliss-reactive ketones (excluding diaryl/α,β-unsaturated/α-hetero) is 1. The van der Waals surface area contributed by atoms with Crippen molar-refractivity contribution in [2.45, 2.75) is 13.5 Å². The van der Waals surface area contributed by atoms with Crippen LogP contribution < -0.4 is 10.1 Å². The number of nitrogens with one attached hydrogen (secondary N) is 1. The molecule has 0 heterocycles. The van der Waals surface area contributed by atoms with Crippen LogP contribution in [0.4, 0.5) is 5.69 Å². The standard InChI is InChI=1S/C22H20N2O4/c1-15(25)21(22(26)23-19-12-5-6-13-20(19)27-2)24-28-14-17-10-7-9-16-8-3-4-11-18(16)17/h3-13H,14H2,1-2H3,(H,23,26). The maximum Gasteiger partial charge on any atom is 0.281 e. The van der Waals surface area contributed by atoms with Gasteiger partial charge in [-0.1, -0.05) is 59.8 Å². The summed E-state index contributed by atoms with van der Waals surface area (Å²) in [6.07, 6.45) is 0. The molecule has 0 saturated carbocycles. The van der Waals surface area contributed by atoms with Gasteiger partial charge in [0.2, 0.25) is 5.71 Å². The number of hydrogen-bond acceptors (Lipinski definition) is 5. The molecule has 142 valence electrons. The molecule has 0 unspecified atom stereocenters. The van der Waals surface area contributed by atoms with Gasteiger partial charge in [-0.15, -0.1) is 0 Å². The van der Waals surface area contributed by atoms with E-state index >= 15 is 0 Å². The molecule has 0 atom stereocenters. The van der Waals surface area contributed by atoms with Crippen molar-refractivity contribution in [3.63, 3.8) is 0 Å². The Bertz CT molecular complexity index is 1040. The lowest BCUT2D eigenvalue weighted by molar-refractivity contribution is -0.114. The molecule has 0 bridgehead atoms. The van der Waals surface area contributed by atoms with Crippen LogP contribution in [0.15, 0.2) is 71.9 Å².